The second kappa shape index (κ2) is 3.85. The van der Waals surface area contributed by atoms with Gasteiger partial charge in [0.1, 0.15) is 3.70 Å². The third-order valence-corrected chi connectivity index (χ3v) is 3.83. The van der Waals surface area contributed by atoms with Crippen molar-refractivity contribution in [3.8, 4) is 11.3 Å². The summed E-state index contributed by atoms with van der Waals surface area (Å²) in [4.78, 5) is 0. The fourth-order valence-corrected chi connectivity index (χ4v) is 2.79. The summed E-state index contributed by atoms with van der Waals surface area (Å²) in [6.07, 6.45) is 0.983. The maximum atomic E-state index is 5.15. The number of hydrogen-bond donors (Lipinski definition) is 1. The number of aromatic nitrogens is 2. The average molecular weight is 326 g/mol. The lowest BCUT2D eigenvalue weighted by atomic mass is 10.1. The number of aromatic amines is 1. The molecule has 0 radical (unpaired) electrons. The van der Waals surface area contributed by atoms with Crippen LogP contribution in [-0.2, 0) is 17.8 Å². The Labute approximate surface area is 107 Å². The van der Waals surface area contributed by atoms with Crippen molar-refractivity contribution in [3.63, 3.8) is 0 Å². The molecule has 1 aliphatic rings. The van der Waals surface area contributed by atoms with Crippen LogP contribution in [-0.4, -0.2) is 17.3 Å². The Balaban J connectivity index is 2.07. The first kappa shape index (κ1) is 10.3. The van der Waals surface area contributed by atoms with Crippen molar-refractivity contribution < 1.29 is 4.74 Å². The van der Waals surface area contributed by atoms with E-state index in [9.17, 15) is 0 Å². The first-order valence-electron chi connectivity index (χ1n) is 5.13. The Morgan fingerprint density at radius 2 is 2.38 bits per heavy atom. The maximum absolute atomic E-state index is 5.15. The molecule has 1 aliphatic carbocycles. The summed E-state index contributed by atoms with van der Waals surface area (Å²) in [5, 5.41) is 7.34. The van der Waals surface area contributed by atoms with Crippen molar-refractivity contribution in [2.45, 2.75) is 13.0 Å². The zero-order valence-electron chi connectivity index (χ0n) is 8.88. The summed E-state index contributed by atoms with van der Waals surface area (Å²) in [5.74, 6) is 0. The van der Waals surface area contributed by atoms with E-state index in [0.717, 1.165) is 10.1 Å². The van der Waals surface area contributed by atoms with Gasteiger partial charge in [-0.1, -0.05) is 18.2 Å². The molecule has 16 heavy (non-hydrogen) atoms. The van der Waals surface area contributed by atoms with Crippen LogP contribution in [0.15, 0.2) is 18.2 Å². The zero-order valence-corrected chi connectivity index (χ0v) is 11.0. The molecule has 0 atom stereocenters. The highest BCUT2D eigenvalue weighted by molar-refractivity contribution is 14.1. The standard InChI is InChI=1S/C12H11IN2O/c1-16-6-7-2-3-9-8(4-7)5-10-11(9)14-15-12(10)13/h2-4H,5-6H2,1H3,(H,14,15). The number of nitrogens with zero attached hydrogens (tertiary/aromatic N) is 1. The minimum Gasteiger partial charge on any atom is -0.380 e. The molecule has 3 rings (SSSR count). The first-order chi connectivity index (χ1) is 7.79. The monoisotopic (exact) mass is 326 g/mol. The van der Waals surface area contributed by atoms with Crippen LogP contribution in [0, 0.1) is 3.70 Å². The fraction of sp³-hybridized carbons (Fsp3) is 0.250. The molecule has 0 spiro atoms. The molecule has 1 aromatic heterocycles. The number of fused-ring (bicyclic) bond motifs is 3. The Hall–Kier alpha value is -0.880. The number of H-pyrrole nitrogens is 1. The van der Waals surface area contributed by atoms with Crippen molar-refractivity contribution in [1.29, 1.82) is 0 Å². The van der Waals surface area contributed by atoms with E-state index in [1.165, 1.54) is 27.9 Å². The average Bonchev–Trinajstić information content (AvgIpc) is 2.79. The summed E-state index contributed by atoms with van der Waals surface area (Å²) < 4.78 is 6.23. The molecule has 0 saturated carbocycles. The number of benzene rings is 1. The molecule has 4 heteroatoms. The molecule has 2 aromatic rings. The molecule has 0 unspecified atom stereocenters. The second-order valence-corrected chi connectivity index (χ2v) is 4.99. The van der Waals surface area contributed by atoms with Crippen molar-refractivity contribution in [3.05, 3.63) is 38.6 Å². The van der Waals surface area contributed by atoms with E-state index in [4.69, 9.17) is 4.74 Å². The van der Waals surface area contributed by atoms with Gasteiger partial charge in [0.15, 0.2) is 0 Å². The summed E-state index contributed by atoms with van der Waals surface area (Å²) in [6, 6.07) is 6.50. The van der Waals surface area contributed by atoms with E-state index in [0.29, 0.717) is 6.61 Å². The van der Waals surface area contributed by atoms with Gasteiger partial charge in [0.25, 0.3) is 0 Å². The third-order valence-electron chi connectivity index (χ3n) is 2.93. The molecule has 1 N–H and O–H groups in total. The topological polar surface area (TPSA) is 37.9 Å². The van der Waals surface area contributed by atoms with Crippen LogP contribution in [0.3, 0.4) is 0 Å². The number of ether oxygens (including phenoxy) is 1. The summed E-state index contributed by atoms with van der Waals surface area (Å²) in [6.45, 7) is 0.677. The van der Waals surface area contributed by atoms with Gasteiger partial charge >= 0.3 is 0 Å². The number of methoxy groups -OCH3 is 1. The summed E-state index contributed by atoms with van der Waals surface area (Å²) >= 11 is 2.28. The predicted molar refractivity (Wildman–Crippen MR) is 70.3 cm³/mol. The van der Waals surface area contributed by atoms with Gasteiger partial charge in [0, 0.05) is 24.7 Å². The molecule has 0 saturated heterocycles. The van der Waals surface area contributed by atoms with Crippen LogP contribution in [0.4, 0.5) is 0 Å². The number of rotatable bonds is 2. The first-order valence-corrected chi connectivity index (χ1v) is 6.21. The lowest BCUT2D eigenvalue weighted by molar-refractivity contribution is 0.185. The van der Waals surface area contributed by atoms with Gasteiger partial charge in [0.2, 0.25) is 0 Å². The smallest absolute Gasteiger partial charge is 0.127 e. The van der Waals surface area contributed by atoms with Crippen LogP contribution in [0.2, 0.25) is 0 Å². The number of hydrogen-bond acceptors (Lipinski definition) is 2. The Morgan fingerprint density at radius 3 is 3.19 bits per heavy atom. The number of nitrogens with one attached hydrogen (secondary N) is 1. The molecular weight excluding hydrogens is 315 g/mol. The lowest BCUT2D eigenvalue weighted by Gasteiger charge is -2.03. The molecule has 82 valence electrons. The molecule has 0 aliphatic heterocycles. The normalized spacial score (nSPS) is 12.6. The van der Waals surface area contributed by atoms with Gasteiger partial charge in [-0.3, -0.25) is 5.10 Å². The highest BCUT2D eigenvalue weighted by Gasteiger charge is 2.23. The Morgan fingerprint density at radius 1 is 1.50 bits per heavy atom. The van der Waals surface area contributed by atoms with E-state index in [-0.39, 0.29) is 0 Å². The van der Waals surface area contributed by atoms with Crippen LogP contribution in [0.1, 0.15) is 16.7 Å². The Bertz CT molecular complexity index is 548. The lowest BCUT2D eigenvalue weighted by Crippen LogP contribution is -1.91. The molecule has 0 fully saturated rings. The Kier molecular flexibility index (Phi) is 2.48. The van der Waals surface area contributed by atoms with Gasteiger partial charge in [-0.25, -0.2) is 0 Å². The minimum absolute atomic E-state index is 0.677. The van der Waals surface area contributed by atoms with Crippen LogP contribution < -0.4 is 0 Å². The molecule has 3 nitrogen and oxygen atoms in total. The molecule has 0 amide bonds. The van der Waals surface area contributed by atoms with E-state index in [2.05, 4.69) is 51.0 Å². The molecule has 0 bridgehead atoms. The predicted octanol–water partition coefficient (Wildman–Crippen LogP) is 2.73. The van der Waals surface area contributed by atoms with E-state index >= 15 is 0 Å². The van der Waals surface area contributed by atoms with E-state index in [1.807, 2.05) is 0 Å². The zero-order chi connectivity index (χ0) is 11.1. The highest BCUT2D eigenvalue weighted by Crippen LogP contribution is 2.37. The van der Waals surface area contributed by atoms with E-state index < -0.39 is 0 Å². The van der Waals surface area contributed by atoms with Gasteiger partial charge in [-0.05, 0) is 33.7 Å². The number of halogens is 1. The van der Waals surface area contributed by atoms with Crippen LogP contribution in [0.25, 0.3) is 11.3 Å². The summed E-state index contributed by atoms with van der Waals surface area (Å²) in [7, 11) is 1.72. The van der Waals surface area contributed by atoms with E-state index in [1.54, 1.807) is 7.11 Å². The molecule has 1 heterocycles. The fourth-order valence-electron chi connectivity index (χ4n) is 2.21. The van der Waals surface area contributed by atoms with Crippen molar-refractivity contribution >= 4 is 22.6 Å². The third kappa shape index (κ3) is 1.48. The quantitative estimate of drug-likeness (QED) is 0.736. The SMILES string of the molecule is COCc1ccc2c(c1)Cc1c(I)n[nH]c1-2. The minimum atomic E-state index is 0.677. The largest absolute Gasteiger partial charge is 0.380 e. The van der Waals surface area contributed by atoms with Crippen LogP contribution >= 0.6 is 22.6 Å². The van der Waals surface area contributed by atoms with Crippen molar-refractivity contribution in [2.24, 2.45) is 0 Å². The van der Waals surface area contributed by atoms with Gasteiger partial charge in [-0.2, -0.15) is 5.10 Å². The highest BCUT2D eigenvalue weighted by atomic mass is 127. The molecule has 1 aromatic carbocycles. The second-order valence-electron chi connectivity index (χ2n) is 3.97. The summed E-state index contributed by atoms with van der Waals surface area (Å²) in [5.41, 5.74) is 6.39. The maximum Gasteiger partial charge on any atom is 0.127 e. The molecular formula is C12H11IN2O. The van der Waals surface area contributed by atoms with Gasteiger partial charge in [0.05, 0.1) is 12.3 Å². The van der Waals surface area contributed by atoms with Crippen molar-refractivity contribution in [1.82, 2.24) is 10.2 Å². The van der Waals surface area contributed by atoms with Gasteiger partial charge < -0.3 is 4.74 Å². The van der Waals surface area contributed by atoms with Crippen molar-refractivity contribution in [2.75, 3.05) is 7.11 Å². The van der Waals surface area contributed by atoms with Gasteiger partial charge in [-0.15, -0.1) is 0 Å². The van der Waals surface area contributed by atoms with Crippen LogP contribution in [0.5, 0.6) is 0 Å².